The zero-order valence-electron chi connectivity index (χ0n) is 10.4. The number of imidazole rings is 1. The number of rotatable bonds is 5. The predicted molar refractivity (Wildman–Crippen MR) is 74.9 cm³/mol. The summed E-state index contributed by atoms with van der Waals surface area (Å²) in [7, 11) is 0. The van der Waals surface area contributed by atoms with Gasteiger partial charge in [-0.05, 0) is 12.1 Å². The van der Waals surface area contributed by atoms with Crippen molar-refractivity contribution < 1.29 is 4.74 Å². The molecular formula is C12H11ClN6O. The van der Waals surface area contributed by atoms with E-state index in [4.69, 9.17) is 16.3 Å². The summed E-state index contributed by atoms with van der Waals surface area (Å²) in [5, 5.41) is 3.64. The fraction of sp³-hybridized carbons (Fsp3) is 0.167. The number of halogens is 1. The molecule has 0 unspecified atom stereocenters. The fourth-order valence-corrected chi connectivity index (χ4v) is 1.87. The molecule has 7 nitrogen and oxygen atoms in total. The van der Waals surface area contributed by atoms with Crippen LogP contribution in [0, 0.1) is 0 Å². The van der Waals surface area contributed by atoms with Gasteiger partial charge in [-0.15, -0.1) is 0 Å². The van der Waals surface area contributed by atoms with E-state index in [9.17, 15) is 0 Å². The van der Waals surface area contributed by atoms with Crippen LogP contribution in [0.5, 0.6) is 5.88 Å². The summed E-state index contributed by atoms with van der Waals surface area (Å²) in [4.78, 5) is 19.3. The molecule has 3 aromatic heterocycles. The second-order valence-corrected chi connectivity index (χ2v) is 4.30. The van der Waals surface area contributed by atoms with Crippen LogP contribution in [0.4, 0.5) is 5.82 Å². The Morgan fingerprint density at radius 3 is 3.10 bits per heavy atom. The minimum atomic E-state index is 0.413. The van der Waals surface area contributed by atoms with Crippen molar-refractivity contribution in [1.29, 1.82) is 0 Å². The lowest BCUT2D eigenvalue weighted by Crippen LogP contribution is -2.13. The van der Waals surface area contributed by atoms with E-state index in [0.29, 0.717) is 35.5 Å². The quantitative estimate of drug-likeness (QED) is 0.698. The van der Waals surface area contributed by atoms with Gasteiger partial charge < -0.3 is 15.0 Å². The van der Waals surface area contributed by atoms with Gasteiger partial charge >= 0.3 is 0 Å². The average molecular weight is 291 g/mol. The molecule has 0 amide bonds. The number of hydrogen-bond acceptors (Lipinski definition) is 6. The third-order valence-corrected chi connectivity index (χ3v) is 2.87. The minimum absolute atomic E-state index is 0.413. The lowest BCUT2D eigenvalue weighted by Gasteiger charge is -2.08. The van der Waals surface area contributed by atoms with E-state index in [0.717, 1.165) is 5.52 Å². The van der Waals surface area contributed by atoms with Gasteiger partial charge in [0.25, 0.3) is 0 Å². The number of aromatic amines is 1. The molecule has 2 N–H and O–H groups in total. The first-order valence-corrected chi connectivity index (χ1v) is 6.33. The Morgan fingerprint density at radius 1 is 1.25 bits per heavy atom. The van der Waals surface area contributed by atoms with E-state index >= 15 is 0 Å². The number of nitrogens with zero attached hydrogens (tertiary/aromatic N) is 4. The Balaban J connectivity index is 1.58. The summed E-state index contributed by atoms with van der Waals surface area (Å²) < 4.78 is 5.48. The van der Waals surface area contributed by atoms with E-state index in [1.165, 1.54) is 6.33 Å². The molecule has 0 spiro atoms. The van der Waals surface area contributed by atoms with Crippen molar-refractivity contribution in [1.82, 2.24) is 24.9 Å². The number of pyridine rings is 1. The summed E-state index contributed by atoms with van der Waals surface area (Å²) in [5.41, 5.74) is 1.39. The second kappa shape index (κ2) is 5.70. The summed E-state index contributed by atoms with van der Waals surface area (Å²) in [5.74, 6) is 1.11. The summed E-state index contributed by atoms with van der Waals surface area (Å²) in [6.45, 7) is 0.967. The fourth-order valence-electron chi connectivity index (χ4n) is 1.69. The summed E-state index contributed by atoms with van der Waals surface area (Å²) in [6, 6.07) is 3.49. The lowest BCUT2D eigenvalue weighted by molar-refractivity contribution is 0.320. The Bertz CT molecular complexity index is 716. The van der Waals surface area contributed by atoms with Crippen LogP contribution in [0.1, 0.15) is 0 Å². The zero-order valence-corrected chi connectivity index (χ0v) is 11.1. The number of nitrogens with one attached hydrogen (secondary N) is 2. The van der Waals surface area contributed by atoms with Crippen molar-refractivity contribution >= 4 is 28.6 Å². The van der Waals surface area contributed by atoms with Crippen molar-refractivity contribution in [3.63, 3.8) is 0 Å². The molecular weight excluding hydrogens is 280 g/mol. The van der Waals surface area contributed by atoms with E-state index in [1.807, 2.05) is 0 Å². The smallest absolute Gasteiger partial charge is 0.232 e. The van der Waals surface area contributed by atoms with Crippen LogP contribution in [0.15, 0.2) is 31.0 Å². The molecule has 0 radical (unpaired) electrons. The first kappa shape index (κ1) is 12.6. The molecule has 3 aromatic rings. The van der Waals surface area contributed by atoms with Gasteiger partial charge in [-0.1, -0.05) is 11.6 Å². The molecule has 3 heterocycles. The highest BCUT2D eigenvalue weighted by Crippen LogP contribution is 2.19. The van der Waals surface area contributed by atoms with E-state index < -0.39 is 0 Å². The Morgan fingerprint density at radius 2 is 2.20 bits per heavy atom. The van der Waals surface area contributed by atoms with Gasteiger partial charge in [0.15, 0.2) is 11.5 Å². The highest BCUT2D eigenvalue weighted by molar-refractivity contribution is 6.31. The van der Waals surface area contributed by atoms with Gasteiger partial charge in [-0.3, -0.25) is 0 Å². The Labute approximate surface area is 119 Å². The highest BCUT2D eigenvalue weighted by atomic mass is 35.5. The van der Waals surface area contributed by atoms with Gasteiger partial charge in [0.1, 0.15) is 23.5 Å². The number of fused-ring (bicyclic) bond motifs is 1. The number of ether oxygens (including phenoxy) is 1. The molecule has 102 valence electrons. The molecule has 0 saturated heterocycles. The summed E-state index contributed by atoms with van der Waals surface area (Å²) in [6.07, 6.45) is 4.67. The van der Waals surface area contributed by atoms with Crippen LogP contribution in [0.2, 0.25) is 5.02 Å². The topological polar surface area (TPSA) is 88.6 Å². The van der Waals surface area contributed by atoms with Crippen LogP contribution < -0.4 is 10.1 Å². The van der Waals surface area contributed by atoms with Crippen molar-refractivity contribution in [3.05, 3.63) is 36.0 Å². The van der Waals surface area contributed by atoms with E-state index in [2.05, 4.69) is 30.2 Å². The maximum absolute atomic E-state index is 5.94. The first-order chi connectivity index (χ1) is 9.84. The number of hydrogen-bond donors (Lipinski definition) is 2. The normalized spacial score (nSPS) is 10.7. The number of H-pyrrole nitrogens is 1. The first-order valence-electron chi connectivity index (χ1n) is 5.96. The van der Waals surface area contributed by atoms with Crippen molar-refractivity contribution in [3.8, 4) is 5.88 Å². The standard InChI is InChI=1S/C12H11ClN6O/c13-8-2-1-3-15-12(8)20-5-4-14-10-9-11(17-6-16-9)19-7-18-10/h1-3,6-7H,4-5H2,(H2,14,16,17,18,19). The molecule has 3 rings (SSSR count). The van der Waals surface area contributed by atoms with Crippen LogP contribution in [0.25, 0.3) is 11.2 Å². The molecule has 0 bridgehead atoms. The van der Waals surface area contributed by atoms with Gasteiger partial charge in [-0.2, -0.15) is 0 Å². The monoisotopic (exact) mass is 290 g/mol. The van der Waals surface area contributed by atoms with Crippen LogP contribution in [-0.4, -0.2) is 38.1 Å². The molecule has 8 heteroatoms. The Hall–Kier alpha value is -2.41. The molecule has 0 aromatic carbocycles. The third kappa shape index (κ3) is 2.62. The average Bonchev–Trinajstić information content (AvgIpc) is 2.94. The van der Waals surface area contributed by atoms with Crippen molar-refractivity contribution in [2.75, 3.05) is 18.5 Å². The second-order valence-electron chi connectivity index (χ2n) is 3.89. The largest absolute Gasteiger partial charge is 0.475 e. The molecule has 0 aliphatic carbocycles. The maximum atomic E-state index is 5.94. The lowest BCUT2D eigenvalue weighted by atomic mass is 10.5. The molecule has 0 aliphatic heterocycles. The van der Waals surface area contributed by atoms with Crippen LogP contribution >= 0.6 is 11.6 Å². The number of aromatic nitrogens is 5. The maximum Gasteiger partial charge on any atom is 0.232 e. The number of anilines is 1. The molecule has 0 saturated carbocycles. The molecule has 0 aliphatic rings. The SMILES string of the molecule is Clc1cccnc1OCCNc1ncnc2nc[nH]c12. The molecule has 0 atom stereocenters. The van der Waals surface area contributed by atoms with E-state index in [1.54, 1.807) is 24.7 Å². The van der Waals surface area contributed by atoms with Crippen molar-refractivity contribution in [2.45, 2.75) is 0 Å². The van der Waals surface area contributed by atoms with E-state index in [-0.39, 0.29) is 0 Å². The minimum Gasteiger partial charge on any atom is -0.475 e. The van der Waals surface area contributed by atoms with Gasteiger partial charge in [0, 0.05) is 6.20 Å². The highest BCUT2D eigenvalue weighted by Gasteiger charge is 2.05. The molecule has 20 heavy (non-hydrogen) atoms. The van der Waals surface area contributed by atoms with Gasteiger partial charge in [0.05, 0.1) is 12.9 Å². The zero-order chi connectivity index (χ0) is 13.8. The Kier molecular flexibility index (Phi) is 3.60. The van der Waals surface area contributed by atoms with Crippen LogP contribution in [0.3, 0.4) is 0 Å². The molecule has 0 fully saturated rings. The predicted octanol–water partition coefficient (Wildman–Crippen LogP) is 1.89. The summed E-state index contributed by atoms with van der Waals surface area (Å²) >= 11 is 5.94. The van der Waals surface area contributed by atoms with Gasteiger partial charge in [0.2, 0.25) is 5.88 Å². The third-order valence-electron chi connectivity index (χ3n) is 2.58. The van der Waals surface area contributed by atoms with Crippen molar-refractivity contribution in [2.24, 2.45) is 0 Å². The van der Waals surface area contributed by atoms with Gasteiger partial charge in [-0.25, -0.2) is 19.9 Å². The van der Waals surface area contributed by atoms with Crippen LogP contribution in [-0.2, 0) is 0 Å².